The van der Waals surface area contributed by atoms with Gasteiger partial charge in [-0.25, -0.2) is 0 Å². The summed E-state index contributed by atoms with van der Waals surface area (Å²) in [6.07, 6.45) is 3.88. The molecule has 1 aliphatic rings. The molecule has 2 unspecified atom stereocenters. The van der Waals surface area contributed by atoms with Gasteiger partial charge < -0.3 is 5.11 Å². The van der Waals surface area contributed by atoms with E-state index in [4.69, 9.17) is 0 Å². The van der Waals surface area contributed by atoms with Crippen molar-refractivity contribution in [2.75, 3.05) is 0 Å². The Kier molecular flexibility index (Phi) is 3.48. The van der Waals surface area contributed by atoms with Crippen LogP contribution in [-0.2, 0) is 12.8 Å². The average Bonchev–Trinajstić information content (AvgIpc) is 3.05. The van der Waals surface area contributed by atoms with E-state index in [-0.39, 0.29) is 6.10 Å². The predicted molar refractivity (Wildman–Crippen MR) is 76.2 cm³/mol. The van der Waals surface area contributed by atoms with Crippen LogP contribution in [0.25, 0.3) is 0 Å². The molecule has 2 heteroatoms. The van der Waals surface area contributed by atoms with E-state index in [0.29, 0.717) is 5.92 Å². The van der Waals surface area contributed by atoms with Gasteiger partial charge in [-0.1, -0.05) is 24.3 Å². The van der Waals surface area contributed by atoms with Gasteiger partial charge in [0, 0.05) is 5.92 Å². The second kappa shape index (κ2) is 5.25. The number of rotatable bonds is 4. The van der Waals surface area contributed by atoms with Gasteiger partial charge in [-0.05, 0) is 59.2 Å². The molecule has 0 saturated heterocycles. The summed E-state index contributed by atoms with van der Waals surface area (Å²) >= 11 is 1.73. The Balaban J connectivity index is 1.65. The minimum absolute atomic E-state index is 0.200. The van der Waals surface area contributed by atoms with E-state index in [1.54, 1.807) is 11.3 Å². The molecule has 1 aromatic heterocycles. The van der Waals surface area contributed by atoms with E-state index in [9.17, 15) is 5.11 Å². The van der Waals surface area contributed by atoms with Crippen LogP contribution in [0, 0.1) is 0 Å². The third-order valence-electron chi connectivity index (χ3n) is 3.95. The lowest BCUT2D eigenvalue weighted by atomic mass is 9.92. The van der Waals surface area contributed by atoms with Crippen LogP contribution in [0.5, 0.6) is 0 Å². The van der Waals surface area contributed by atoms with Gasteiger partial charge in [0.05, 0.1) is 6.10 Å². The largest absolute Gasteiger partial charge is 0.392 e. The van der Waals surface area contributed by atoms with Crippen molar-refractivity contribution in [3.8, 4) is 0 Å². The second-order valence-corrected chi connectivity index (χ2v) is 5.86. The average molecular weight is 258 g/mol. The van der Waals surface area contributed by atoms with E-state index in [0.717, 1.165) is 25.7 Å². The maximum atomic E-state index is 10.4. The molecule has 0 spiro atoms. The number of aliphatic hydroxyl groups is 1. The molecule has 0 amide bonds. The van der Waals surface area contributed by atoms with Gasteiger partial charge in [-0.3, -0.25) is 0 Å². The maximum absolute atomic E-state index is 10.4. The molecule has 1 aliphatic carbocycles. The summed E-state index contributed by atoms with van der Waals surface area (Å²) in [5, 5.41) is 14.7. The first kappa shape index (κ1) is 11.9. The molecular formula is C16H18OS. The highest BCUT2D eigenvalue weighted by Gasteiger charge is 2.27. The lowest BCUT2D eigenvalue weighted by Crippen LogP contribution is -2.17. The van der Waals surface area contributed by atoms with Gasteiger partial charge in [0.1, 0.15) is 0 Å². The standard InChI is InChI=1S/C16H18OS/c17-16(8-5-12-9-10-18-11-12)15-7-6-13-3-1-2-4-14(13)15/h1-4,9-11,15-17H,5-8H2. The van der Waals surface area contributed by atoms with Crippen LogP contribution in [0.3, 0.4) is 0 Å². The Morgan fingerprint density at radius 3 is 3.00 bits per heavy atom. The SMILES string of the molecule is OC(CCc1ccsc1)C1CCc2ccccc21. The van der Waals surface area contributed by atoms with Crippen molar-refractivity contribution >= 4 is 11.3 Å². The van der Waals surface area contributed by atoms with Crippen LogP contribution < -0.4 is 0 Å². The van der Waals surface area contributed by atoms with Gasteiger partial charge >= 0.3 is 0 Å². The molecule has 2 atom stereocenters. The Labute approximate surface area is 112 Å². The molecular weight excluding hydrogens is 240 g/mol. The van der Waals surface area contributed by atoms with E-state index < -0.39 is 0 Å². The molecule has 1 N–H and O–H groups in total. The Bertz CT molecular complexity index is 504. The number of hydrogen-bond acceptors (Lipinski definition) is 2. The highest BCUT2D eigenvalue weighted by atomic mass is 32.1. The van der Waals surface area contributed by atoms with Crippen LogP contribution in [0.4, 0.5) is 0 Å². The lowest BCUT2D eigenvalue weighted by molar-refractivity contribution is 0.133. The number of benzene rings is 1. The molecule has 0 bridgehead atoms. The molecule has 0 aliphatic heterocycles. The monoisotopic (exact) mass is 258 g/mol. The fourth-order valence-electron chi connectivity index (χ4n) is 2.94. The smallest absolute Gasteiger partial charge is 0.0612 e. The van der Waals surface area contributed by atoms with Crippen molar-refractivity contribution in [1.82, 2.24) is 0 Å². The van der Waals surface area contributed by atoms with Crippen LogP contribution >= 0.6 is 11.3 Å². The Morgan fingerprint density at radius 2 is 2.17 bits per heavy atom. The van der Waals surface area contributed by atoms with Gasteiger partial charge in [0.2, 0.25) is 0 Å². The molecule has 0 radical (unpaired) electrons. The normalized spacial score (nSPS) is 19.7. The zero-order valence-corrected chi connectivity index (χ0v) is 11.2. The first-order chi connectivity index (χ1) is 8.84. The van der Waals surface area contributed by atoms with Gasteiger partial charge in [-0.15, -0.1) is 0 Å². The molecule has 18 heavy (non-hydrogen) atoms. The Morgan fingerprint density at radius 1 is 1.28 bits per heavy atom. The van der Waals surface area contributed by atoms with Crippen LogP contribution in [0.15, 0.2) is 41.1 Å². The Hall–Kier alpha value is -1.12. The fraction of sp³-hybridized carbons (Fsp3) is 0.375. The first-order valence-corrected chi connectivity index (χ1v) is 7.56. The zero-order valence-electron chi connectivity index (χ0n) is 10.4. The van der Waals surface area contributed by atoms with E-state index in [2.05, 4.69) is 41.1 Å². The summed E-state index contributed by atoms with van der Waals surface area (Å²) < 4.78 is 0. The quantitative estimate of drug-likeness (QED) is 0.885. The van der Waals surface area contributed by atoms with Crippen LogP contribution in [0.2, 0.25) is 0 Å². The van der Waals surface area contributed by atoms with Gasteiger partial charge in [-0.2, -0.15) is 11.3 Å². The van der Waals surface area contributed by atoms with Crippen molar-refractivity contribution in [2.45, 2.75) is 37.7 Å². The van der Waals surface area contributed by atoms with Crippen molar-refractivity contribution in [3.63, 3.8) is 0 Å². The molecule has 1 heterocycles. The minimum Gasteiger partial charge on any atom is -0.392 e. The summed E-state index contributed by atoms with van der Waals surface area (Å²) in [7, 11) is 0. The molecule has 2 aromatic rings. The number of aryl methyl sites for hydroxylation is 2. The van der Waals surface area contributed by atoms with E-state index in [1.807, 2.05) is 0 Å². The number of fused-ring (bicyclic) bond motifs is 1. The summed E-state index contributed by atoms with van der Waals surface area (Å²) in [6, 6.07) is 10.7. The molecule has 1 aromatic carbocycles. The zero-order chi connectivity index (χ0) is 12.4. The van der Waals surface area contributed by atoms with Crippen molar-refractivity contribution in [3.05, 3.63) is 57.8 Å². The minimum atomic E-state index is -0.200. The lowest BCUT2D eigenvalue weighted by Gasteiger charge is -2.19. The predicted octanol–water partition coefficient (Wildman–Crippen LogP) is 3.77. The number of hydrogen-bond donors (Lipinski definition) is 1. The second-order valence-electron chi connectivity index (χ2n) is 5.08. The highest BCUT2D eigenvalue weighted by molar-refractivity contribution is 7.07. The van der Waals surface area contributed by atoms with Crippen molar-refractivity contribution in [2.24, 2.45) is 0 Å². The van der Waals surface area contributed by atoms with Crippen molar-refractivity contribution in [1.29, 1.82) is 0 Å². The molecule has 3 rings (SSSR count). The van der Waals surface area contributed by atoms with Crippen molar-refractivity contribution < 1.29 is 5.11 Å². The summed E-state index contributed by atoms with van der Waals surface area (Å²) in [6.45, 7) is 0. The highest BCUT2D eigenvalue weighted by Crippen LogP contribution is 2.36. The van der Waals surface area contributed by atoms with Gasteiger partial charge in [0.15, 0.2) is 0 Å². The summed E-state index contributed by atoms with van der Waals surface area (Å²) in [5.41, 5.74) is 4.15. The molecule has 94 valence electrons. The topological polar surface area (TPSA) is 20.2 Å². The molecule has 0 fully saturated rings. The number of aliphatic hydroxyl groups excluding tert-OH is 1. The summed E-state index contributed by atoms with van der Waals surface area (Å²) in [4.78, 5) is 0. The van der Waals surface area contributed by atoms with Crippen LogP contribution in [-0.4, -0.2) is 11.2 Å². The molecule has 0 saturated carbocycles. The fourth-order valence-corrected chi connectivity index (χ4v) is 3.64. The molecule has 1 nitrogen and oxygen atoms in total. The van der Waals surface area contributed by atoms with E-state index in [1.165, 1.54) is 16.7 Å². The first-order valence-electron chi connectivity index (χ1n) is 6.61. The van der Waals surface area contributed by atoms with E-state index >= 15 is 0 Å². The maximum Gasteiger partial charge on any atom is 0.0612 e. The number of thiophene rings is 1. The van der Waals surface area contributed by atoms with Crippen LogP contribution in [0.1, 0.15) is 35.4 Å². The summed E-state index contributed by atoms with van der Waals surface area (Å²) in [5.74, 6) is 0.347. The van der Waals surface area contributed by atoms with Gasteiger partial charge in [0.25, 0.3) is 0 Å². The third kappa shape index (κ3) is 2.36. The third-order valence-corrected chi connectivity index (χ3v) is 4.68.